The van der Waals surface area contributed by atoms with Gasteiger partial charge in [0, 0.05) is 6.20 Å². The molecule has 0 saturated heterocycles. The van der Waals surface area contributed by atoms with Crippen LogP contribution in [-0.4, -0.2) is 34.5 Å². The highest BCUT2D eigenvalue weighted by Gasteiger charge is 2.18. The molecular weight excluding hydrogens is 363 g/mol. The van der Waals surface area contributed by atoms with Crippen LogP contribution in [0.4, 0.5) is 10.2 Å². The Morgan fingerprint density at radius 2 is 2.00 bits per heavy atom. The first-order valence-corrected chi connectivity index (χ1v) is 8.36. The van der Waals surface area contributed by atoms with Gasteiger partial charge < -0.3 is 14.7 Å². The highest BCUT2D eigenvalue weighted by molar-refractivity contribution is 5.98. The van der Waals surface area contributed by atoms with Crippen molar-refractivity contribution in [3.05, 3.63) is 67.0 Å². The number of oxazole rings is 1. The first-order valence-electron chi connectivity index (χ1n) is 8.36. The van der Waals surface area contributed by atoms with Crippen LogP contribution in [0.5, 0.6) is 0 Å². The van der Waals surface area contributed by atoms with Crippen molar-refractivity contribution in [1.82, 2.24) is 34.5 Å². The van der Waals surface area contributed by atoms with E-state index < -0.39 is 0 Å². The molecule has 9 nitrogen and oxygen atoms in total. The Bertz CT molecular complexity index is 1270. The van der Waals surface area contributed by atoms with Gasteiger partial charge in [0.15, 0.2) is 0 Å². The van der Waals surface area contributed by atoms with Crippen molar-refractivity contribution >= 4 is 16.9 Å². The molecule has 1 aromatic carbocycles. The summed E-state index contributed by atoms with van der Waals surface area (Å²) >= 11 is 0. The smallest absolute Gasteiger partial charge is 0.228 e. The van der Waals surface area contributed by atoms with Crippen LogP contribution in [-0.2, 0) is 6.54 Å². The molecule has 0 atom stereocenters. The van der Waals surface area contributed by atoms with Gasteiger partial charge in [0.25, 0.3) is 0 Å². The van der Waals surface area contributed by atoms with Crippen molar-refractivity contribution < 1.29 is 8.81 Å². The quantitative estimate of drug-likeness (QED) is 0.512. The van der Waals surface area contributed by atoms with E-state index >= 15 is 0 Å². The Kier molecular flexibility index (Phi) is 3.61. The summed E-state index contributed by atoms with van der Waals surface area (Å²) in [4.78, 5) is 12.6. The van der Waals surface area contributed by atoms with E-state index in [1.54, 1.807) is 30.6 Å². The van der Waals surface area contributed by atoms with Gasteiger partial charge in [-0.3, -0.25) is 0 Å². The molecule has 0 aliphatic carbocycles. The Morgan fingerprint density at radius 3 is 2.82 bits per heavy atom. The first-order chi connectivity index (χ1) is 13.7. The van der Waals surface area contributed by atoms with Crippen LogP contribution in [0.3, 0.4) is 0 Å². The predicted molar refractivity (Wildman–Crippen MR) is 97.9 cm³/mol. The van der Waals surface area contributed by atoms with Gasteiger partial charge in [-0.1, -0.05) is 17.3 Å². The number of fused-ring (bicyclic) bond motifs is 1. The summed E-state index contributed by atoms with van der Waals surface area (Å²) in [5.74, 6) is 0.365. The minimum atomic E-state index is -0.378. The summed E-state index contributed by atoms with van der Waals surface area (Å²) < 4.78 is 22.6. The first kappa shape index (κ1) is 16.1. The number of nitrogens with zero attached hydrogens (tertiary/aromatic N) is 7. The van der Waals surface area contributed by atoms with Crippen molar-refractivity contribution in [1.29, 1.82) is 0 Å². The lowest BCUT2D eigenvalue weighted by Gasteiger charge is -2.02. The Hall–Kier alpha value is -4.08. The molecule has 2 N–H and O–H groups in total. The summed E-state index contributed by atoms with van der Waals surface area (Å²) in [5.41, 5.74) is 8.30. The predicted octanol–water partition coefficient (Wildman–Crippen LogP) is 2.44. The van der Waals surface area contributed by atoms with Crippen LogP contribution in [0.1, 0.15) is 5.69 Å². The number of halogens is 1. The number of hydrogen-bond acceptors (Lipinski definition) is 7. The average molecular weight is 376 g/mol. The van der Waals surface area contributed by atoms with Crippen LogP contribution >= 0.6 is 0 Å². The lowest BCUT2D eigenvalue weighted by atomic mass is 10.2. The molecule has 138 valence electrons. The minimum absolute atomic E-state index is 0.325. The van der Waals surface area contributed by atoms with Gasteiger partial charge in [0.2, 0.25) is 5.89 Å². The van der Waals surface area contributed by atoms with Crippen molar-refractivity contribution in [2.24, 2.45) is 0 Å². The Morgan fingerprint density at radius 1 is 1.11 bits per heavy atom. The van der Waals surface area contributed by atoms with Crippen LogP contribution in [0.25, 0.3) is 28.2 Å². The largest absolute Gasteiger partial charge is 0.444 e. The molecule has 5 rings (SSSR count). The molecule has 4 heterocycles. The van der Waals surface area contributed by atoms with E-state index in [0.29, 0.717) is 46.2 Å². The zero-order chi connectivity index (χ0) is 19.1. The van der Waals surface area contributed by atoms with Crippen LogP contribution in [0.2, 0.25) is 0 Å². The summed E-state index contributed by atoms with van der Waals surface area (Å²) in [6, 6.07) is 6.37. The third kappa shape index (κ3) is 2.58. The molecule has 0 bridgehead atoms. The molecule has 0 spiro atoms. The lowest BCUT2D eigenvalue weighted by Crippen LogP contribution is -2.01. The molecule has 28 heavy (non-hydrogen) atoms. The fourth-order valence-electron chi connectivity index (χ4n) is 3.09. The normalized spacial score (nSPS) is 11.3. The van der Waals surface area contributed by atoms with Gasteiger partial charge in [0.1, 0.15) is 41.3 Å². The fourth-order valence-corrected chi connectivity index (χ4v) is 3.09. The standard InChI is InChI=1S/C18H13FN8O/c19-13-3-1-2-4-14(13)27-8-11(24-25-27)7-26-9-12(18-21-5-6-28-18)15-16(20)22-10-23-17(15)26/h1-6,8-10H,7H2,(H2,20,22,23). The maximum Gasteiger partial charge on any atom is 0.228 e. The van der Waals surface area contributed by atoms with Crippen molar-refractivity contribution in [3.63, 3.8) is 0 Å². The SMILES string of the molecule is Nc1ncnc2c1c(-c1ncco1)cn2Cc1cn(-c2ccccc2F)nn1. The molecule has 0 radical (unpaired) electrons. The average Bonchev–Trinajstić information content (AvgIpc) is 3.43. The number of anilines is 1. The van der Waals surface area contributed by atoms with Crippen LogP contribution < -0.4 is 5.73 Å². The lowest BCUT2D eigenvalue weighted by molar-refractivity contribution is 0.575. The zero-order valence-electron chi connectivity index (χ0n) is 14.4. The molecule has 0 aliphatic rings. The molecule has 0 fully saturated rings. The molecule has 0 aliphatic heterocycles. The fraction of sp³-hybridized carbons (Fsp3) is 0.0556. The molecule has 5 aromatic rings. The van der Waals surface area contributed by atoms with E-state index in [4.69, 9.17) is 10.2 Å². The molecule has 0 unspecified atom stereocenters. The second-order valence-electron chi connectivity index (χ2n) is 6.07. The van der Waals surface area contributed by atoms with Crippen LogP contribution in [0, 0.1) is 5.82 Å². The number of benzene rings is 1. The summed E-state index contributed by atoms with van der Waals surface area (Å²) in [6.45, 7) is 0.349. The topological polar surface area (TPSA) is 113 Å². The molecule has 4 aromatic heterocycles. The van der Waals surface area contributed by atoms with Crippen molar-refractivity contribution in [2.75, 3.05) is 5.73 Å². The third-order valence-corrected chi connectivity index (χ3v) is 4.32. The number of hydrogen-bond donors (Lipinski definition) is 1. The van der Waals surface area contributed by atoms with E-state index in [9.17, 15) is 4.39 Å². The van der Waals surface area contributed by atoms with E-state index in [-0.39, 0.29) is 5.82 Å². The van der Waals surface area contributed by atoms with E-state index in [1.807, 2.05) is 10.8 Å². The van der Waals surface area contributed by atoms with E-state index in [1.165, 1.54) is 23.3 Å². The second-order valence-corrected chi connectivity index (χ2v) is 6.07. The maximum absolute atomic E-state index is 14.0. The van der Waals surface area contributed by atoms with Gasteiger partial charge >= 0.3 is 0 Å². The van der Waals surface area contributed by atoms with E-state index in [2.05, 4.69) is 25.3 Å². The second kappa shape index (κ2) is 6.27. The molecule has 0 saturated carbocycles. The highest BCUT2D eigenvalue weighted by Crippen LogP contribution is 2.31. The zero-order valence-corrected chi connectivity index (χ0v) is 14.4. The molecular formula is C18H13FN8O. The van der Waals surface area contributed by atoms with Gasteiger partial charge in [-0.2, -0.15) is 0 Å². The number of nitrogen functional groups attached to an aromatic ring is 1. The molecule has 10 heteroatoms. The van der Waals surface area contributed by atoms with Crippen molar-refractivity contribution in [2.45, 2.75) is 6.54 Å². The highest BCUT2D eigenvalue weighted by atomic mass is 19.1. The van der Waals surface area contributed by atoms with Gasteiger partial charge in [-0.25, -0.2) is 24.0 Å². The Balaban J connectivity index is 1.57. The minimum Gasteiger partial charge on any atom is -0.444 e. The summed E-state index contributed by atoms with van der Waals surface area (Å²) in [7, 11) is 0. The Labute approximate surface area is 157 Å². The van der Waals surface area contributed by atoms with Crippen LogP contribution in [0.15, 0.2) is 59.9 Å². The number of aromatic nitrogens is 7. The third-order valence-electron chi connectivity index (χ3n) is 4.32. The van der Waals surface area contributed by atoms with Gasteiger partial charge in [-0.05, 0) is 12.1 Å². The number of nitrogens with two attached hydrogens (primary N) is 1. The maximum atomic E-state index is 14.0. The van der Waals surface area contributed by atoms with Gasteiger partial charge in [0.05, 0.1) is 29.9 Å². The number of para-hydroxylation sites is 1. The van der Waals surface area contributed by atoms with E-state index in [0.717, 1.165) is 0 Å². The molecule has 0 amide bonds. The number of rotatable bonds is 4. The van der Waals surface area contributed by atoms with Crippen molar-refractivity contribution in [3.8, 4) is 17.1 Å². The summed E-state index contributed by atoms with van der Waals surface area (Å²) in [6.07, 6.45) is 7.92. The van der Waals surface area contributed by atoms with Gasteiger partial charge in [-0.15, -0.1) is 5.10 Å². The monoisotopic (exact) mass is 376 g/mol. The summed E-state index contributed by atoms with van der Waals surface area (Å²) in [5, 5.41) is 8.81.